The third kappa shape index (κ3) is 3.22. The smallest absolute Gasteiger partial charge is 0.415 e. The number of hydrogen-bond acceptors (Lipinski definition) is 6. The van der Waals surface area contributed by atoms with Crippen molar-refractivity contribution < 1.29 is 19.1 Å². The van der Waals surface area contributed by atoms with E-state index in [1.807, 2.05) is 30.3 Å². The van der Waals surface area contributed by atoms with Crippen molar-refractivity contribution in [1.82, 2.24) is 10.3 Å². The summed E-state index contributed by atoms with van der Waals surface area (Å²) >= 11 is 0. The summed E-state index contributed by atoms with van der Waals surface area (Å²) in [6.45, 7) is 1.95. The highest BCUT2D eigenvalue weighted by Crippen LogP contribution is 2.40. The van der Waals surface area contributed by atoms with Gasteiger partial charge in [0.2, 0.25) is 5.91 Å². The van der Waals surface area contributed by atoms with E-state index in [4.69, 9.17) is 14.7 Å². The van der Waals surface area contributed by atoms with Crippen LogP contribution in [-0.4, -0.2) is 42.3 Å². The summed E-state index contributed by atoms with van der Waals surface area (Å²) in [4.78, 5) is 29.4. The monoisotopic (exact) mass is 378 g/mol. The molecule has 0 radical (unpaired) electrons. The lowest BCUT2D eigenvalue weighted by Crippen LogP contribution is -2.47. The van der Waals surface area contributed by atoms with E-state index in [-0.39, 0.29) is 31.5 Å². The zero-order valence-electron chi connectivity index (χ0n) is 15.2. The predicted molar refractivity (Wildman–Crippen MR) is 99.7 cm³/mol. The second-order valence-corrected chi connectivity index (χ2v) is 6.66. The molecule has 0 unspecified atom stereocenters. The molecule has 1 aromatic heterocycles. The number of aromatic nitrogens is 1. The Labute approximate surface area is 161 Å². The number of carbonyl (C=O) groups excluding carboxylic acids is 2. The molecule has 2 amide bonds. The van der Waals surface area contributed by atoms with E-state index < -0.39 is 12.2 Å². The fraction of sp³-hybridized carbons (Fsp3) is 0.300. The normalized spacial score (nSPS) is 19.7. The van der Waals surface area contributed by atoms with Gasteiger partial charge >= 0.3 is 6.09 Å². The van der Waals surface area contributed by atoms with Crippen molar-refractivity contribution in [2.45, 2.75) is 25.5 Å². The topological polar surface area (TPSA) is 105 Å². The molecule has 28 heavy (non-hydrogen) atoms. The lowest BCUT2D eigenvalue weighted by molar-refractivity contribution is -0.119. The first-order valence-electron chi connectivity index (χ1n) is 8.90. The molecule has 142 valence electrons. The van der Waals surface area contributed by atoms with Gasteiger partial charge in [-0.05, 0) is 23.8 Å². The number of rotatable bonds is 4. The summed E-state index contributed by atoms with van der Waals surface area (Å²) in [5, 5.41) is 11.4. The van der Waals surface area contributed by atoms with Gasteiger partial charge in [0.25, 0.3) is 0 Å². The van der Waals surface area contributed by atoms with Crippen LogP contribution >= 0.6 is 0 Å². The summed E-state index contributed by atoms with van der Waals surface area (Å²) in [5.74, 6) is 0.414. The zero-order valence-corrected chi connectivity index (χ0v) is 15.2. The molecule has 8 heteroatoms. The van der Waals surface area contributed by atoms with Gasteiger partial charge in [-0.2, -0.15) is 5.26 Å². The predicted octanol–water partition coefficient (Wildman–Crippen LogP) is 2.04. The van der Waals surface area contributed by atoms with Gasteiger partial charge in [-0.25, -0.2) is 4.79 Å². The Hall–Kier alpha value is -3.60. The van der Waals surface area contributed by atoms with Crippen molar-refractivity contribution in [1.29, 1.82) is 5.26 Å². The number of amides is 2. The zero-order chi connectivity index (χ0) is 19.7. The van der Waals surface area contributed by atoms with E-state index in [0.717, 1.165) is 11.1 Å². The Morgan fingerprint density at radius 2 is 2.18 bits per heavy atom. The third-order valence-electron chi connectivity index (χ3n) is 4.81. The summed E-state index contributed by atoms with van der Waals surface area (Å²) < 4.78 is 11.3. The van der Waals surface area contributed by atoms with Crippen LogP contribution in [0.3, 0.4) is 0 Å². The number of anilines is 1. The summed E-state index contributed by atoms with van der Waals surface area (Å²) in [5.41, 5.74) is 3.15. The number of ether oxygens (including phenoxy) is 2. The molecule has 8 nitrogen and oxygen atoms in total. The second-order valence-electron chi connectivity index (χ2n) is 6.66. The Morgan fingerprint density at radius 3 is 2.89 bits per heavy atom. The number of nitrogens with one attached hydrogen (secondary N) is 1. The van der Waals surface area contributed by atoms with E-state index in [1.54, 1.807) is 11.1 Å². The average Bonchev–Trinajstić information content (AvgIpc) is 3.03. The van der Waals surface area contributed by atoms with E-state index >= 15 is 0 Å². The lowest BCUT2D eigenvalue weighted by Gasteiger charge is -2.31. The molecule has 2 aromatic rings. The van der Waals surface area contributed by atoms with Crippen molar-refractivity contribution in [3.8, 4) is 22.9 Å². The molecule has 1 saturated heterocycles. The minimum atomic E-state index is -0.457. The van der Waals surface area contributed by atoms with E-state index in [2.05, 4.69) is 16.4 Å². The van der Waals surface area contributed by atoms with Crippen LogP contribution in [0.4, 0.5) is 10.5 Å². The number of nitrogens with zero attached hydrogens (tertiary/aromatic N) is 3. The van der Waals surface area contributed by atoms with Crippen LogP contribution in [0.25, 0.3) is 11.1 Å². The molecule has 4 rings (SSSR count). The highest BCUT2D eigenvalue weighted by molar-refractivity contribution is 5.94. The molecular weight excluding hydrogens is 360 g/mol. The van der Waals surface area contributed by atoms with Crippen LogP contribution in [0.15, 0.2) is 36.5 Å². The van der Waals surface area contributed by atoms with Crippen LogP contribution in [0.2, 0.25) is 0 Å². The van der Waals surface area contributed by atoms with Crippen molar-refractivity contribution in [3.05, 3.63) is 42.2 Å². The molecule has 0 saturated carbocycles. The first-order chi connectivity index (χ1) is 13.6. The van der Waals surface area contributed by atoms with Crippen molar-refractivity contribution >= 4 is 17.7 Å². The Morgan fingerprint density at radius 1 is 1.36 bits per heavy atom. The molecule has 0 spiro atoms. The van der Waals surface area contributed by atoms with Gasteiger partial charge in [-0.3, -0.25) is 14.7 Å². The second kappa shape index (κ2) is 7.19. The quantitative estimate of drug-likeness (QED) is 0.873. The lowest BCUT2D eigenvalue weighted by atomic mass is 10.0. The molecule has 0 aliphatic carbocycles. The number of cyclic esters (lactones) is 1. The minimum absolute atomic E-state index is 0.175. The highest BCUT2D eigenvalue weighted by Gasteiger charge is 2.46. The Bertz CT molecular complexity index is 967. The molecule has 1 aromatic carbocycles. The molecule has 1 N–H and O–H groups in total. The van der Waals surface area contributed by atoms with Crippen LogP contribution in [-0.2, 0) is 16.0 Å². The van der Waals surface area contributed by atoms with Gasteiger partial charge in [0, 0.05) is 18.7 Å². The number of benzene rings is 1. The average molecular weight is 378 g/mol. The number of hydrogen-bond donors (Lipinski definition) is 1. The molecule has 2 aliphatic heterocycles. The van der Waals surface area contributed by atoms with Gasteiger partial charge in [-0.1, -0.05) is 12.1 Å². The van der Waals surface area contributed by atoms with Crippen molar-refractivity contribution in [2.24, 2.45) is 0 Å². The number of pyridine rings is 1. The van der Waals surface area contributed by atoms with Gasteiger partial charge in [-0.15, -0.1) is 0 Å². The fourth-order valence-corrected chi connectivity index (χ4v) is 3.41. The van der Waals surface area contributed by atoms with E-state index in [0.29, 0.717) is 17.1 Å². The summed E-state index contributed by atoms with van der Waals surface area (Å²) in [7, 11) is 0. The molecule has 2 aliphatic rings. The molecular formula is C20H18N4O4. The minimum Gasteiger partial charge on any atom is -0.489 e. The Balaban J connectivity index is 1.58. The largest absolute Gasteiger partial charge is 0.489 e. The fourth-order valence-electron chi connectivity index (χ4n) is 3.41. The molecule has 2 atom stereocenters. The SMILES string of the molecule is CC(=O)NC[C@@H]1OC(=O)N2c3ccc(-c4ccc(CC#N)nc4)cc3OC[C@@H]12. The van der Waals surface area contributed by atoms with Crippen LogP contribution in [0, 0.1) is 11.3 Å². The first-order valence-corrected chi connectivity index (χ1v) is 8.90. The molecule has 3 heterocycles. The molecule has 0 bridgehead atoms. The number of nitriles is 1. The van der Waals surface area contributed by atoms with Crippen molar-refractivity contribution in [3.63, 3.8) is 0 Å². The maximum absolute atomic E-state index is 12.4. The van der Waals surface area contributed by atoms with Gasteiger partial charge in [0.1, 0.15) is 24.5 Å². The van der Waals surface area contributed by atoms with Crippen LogP contribution in [0.1, 0.15) is 12.6 Å². The van der Waals surface area contributed by atoms with Crippen LogP contribution in [0.5, 0.6) is 5.75 Å². The van der Waals surface area contributed by atoms with Gasteiger partial charge in [0.05, 0.1) is 30.4 Å². The maximum atomic E-state index is 12.4. The maximum Gasteiger partial charge on any atom is 0.415 e. The van der Waals surface area contributed by atoms with E-state index in [9.17, 15) is 9.59 Å². The Kier molecular flexibility index (Phi) is 4.57. The van der Waals surface area contributed by atoms with Crippen molar-refractivity contribution in [2.75, 3.05) is 18.1 Å². The molecule has 1 fully saturated rings. The van der Waals surface area contributed by atoms with E-state index in [1.165, 1.54) is 6.92 Å². The number of fused-ring (bicyclic) bond motifs is 3. The van der Waals surface area contributed by atoms with Crippen LogP contribution < -0.4 is 15.0 Å². The third-order valence-corrected chi connectivity index (χ3v) is 4.81. The summed E-state index contributed by atoms with van der Waals surface area (Å²) in [6.07, 6.45) is 1.08. The standard InChI is InChI=1S/C20H18N4O4/c1-12(25)22-10-19-17-11-27-18-8-13(3-5-16(18)24(17)20(26)28-19)14-2-4-15(6-7-21)23-9-14/h2-5,8-9,17,19H,6,10-11H2,1H3,(H,22,25)/t17-,19-/m0/s1. The van der Waals surface area contributed by atoms with Gasteiger partial charge < -0.3 is 14.8 Å². The van der Waals surface area contributed by atoms with Gasteiger partial charge in [0.15, 0.2) is 0 Å². The summed E-state index contributed by atoms with van der Waals surface area (Å²) in [6, 6.07) is 11.1. The number of carbonyl (C=O) groups is 2. The highest BCUT2D eigenvalue weighted by atomic mass is 16.6. The first kappa shape index (κ1) is 17.8.